The molecule has 0 N–H and O–H groups in total. The number of hydrogen-bond donors (Lipinski definition) is 0. The predicted molar refractivity (Wildman–Crippen MR) is 140 cm³/mol. The quantitative estimate of drug-likeness (QED) is 0.354. The number of aryl methyl sites for hydroxylation is 1. The van der Waals surface area contributed by atoms with Gasteiger partial charge in [-0.3, -0.25) is 9.59 Å². The van der Waals surface area contributed by atoms with E-state index in [0.717, 1.165) is 49.4 Å². The zero-order valence-electron chi connectivity index (χ0n) is 20.9. The Balaban J connectivity index is 1.78. The third-order valence-corrected chi connectivity index (χ3v) is 7.09. The highest BCUT2D eigenvalue weighted by Crippen LogP contribution is 2.39. The zero-order valence-corrected chi connectivity index (χ0v) is 21.7. The average molecular weight is 497 g/mol. The van der Waals surface area contributed by atoms with Gasteiger partial charge in [0.15, 0.2) is 5.43 Å². The highest BCUT2D eigenvalue weighted by atomic mass is 35.5. The van der Waals surface area contributed by atoms with Crippen molar-refractivity contribution in [3.63, 3.8) is 0 Å². The fourth-order valence-electron chi connectivity index (χ4n) is 4.69. The molecule has 0 spiro atoms. The van der Waals surface area contributed by atoms with Gasteiger partial charge in [0.25, 0.3) is 5.91 Å². The van der Waals surface area contributed by atoms with Gasteiger partial charge in [0.2, 0.25) is 5.76 Å². The van der Waals surface area contributed by atoms with Crippen LogP contribution in [0.5, 0.6) is 5.75 Å². The van der Waals surface area contributed by atoms with Crippen molar-refractivity contribution in [1.29, 1.82) is 0 Å². The number of carbonyl (C=O) groups is 1. The Kier molecular flexibility index (Phi) is 7.82. The lowest BCUT2D eigenvalue weighted by Gasteiger charge is -2.26. The number of benzene rings is 2. The van der Waals surface area contributed by atoms with Gasteiger partial charge in [0, 0.05) is 11.6 Å². The van der Waals surface area contributed by atoms with E-state index in [2.05, 4.69) is 25.7 Å². The maximum Gasteiger partial charge on any atom is 0.290 e. The summed E-state index contributed by atoms with van der Waals surface area (Å²) in [6.07, 6.45) is 1.72. The van der Waals surface area contributed by atoms with E-state index >= 15 is 0 Å². The lowest BCUT2D eigenvalue weighted by molar-refractivity contribution is 0.0720. The molecule has 1 aliphatic rings. The molecular weight excluding hydrogens is 464 g/mol. The third kappa shape index (κ3) is 4.95. The van der Waals surface area contributed by atoms with Crippen molar-refractivity contribution in [3.05, 3.63) is 74.1 Å². The molecule has 1 aromatic heterocycles. The molecule has 1 unspecified atom stereocenters. The van der Waals surface area contributed by atoms with Crippen molar-refractivity contribution in [2.24, 2.45) is 0 Å². The van der Waals surface area contributed by atoms with Gasteiger partial charge < -0.3 is 19.0 Å². The van der Waals surface area contributed by atoms with E-state index in [0.29, 0.717) is 34.7 Å². The standard InChI is InChI=1S/C28H33ClN2O4/c1-5-15-34-20-11-9-19(10-12-20)25-24-26(32)21-17-22(29)18(4)16-23(21)35-27(24)28(33)31(25)14-8-13-30(6-2)7-3/h9-12,16-17,25H,5-8,13-15H2,1-4H3. The Hall–Kier alpha value is -2.83. The van der Waals surface area contributed by atoms with Gasteiger partial charge in [-0.25, -0.2) is 0 Å². The van der Waals surface area contributed by atoms with Crippen LogP contribution in [0.1, 0.15) is 66.9 Å². The summed E-state index contributed by atoms with van der Waals surface area (Å²) in [5.41, 5.74) is 2.21. The van der Waals surface area contributed by atoms with Gasteiger partial charge in [-0.2, -0.15) is 0 Å². The van der Waals surface area contributed by atoms with Crippen molar-refractivity contribution >= 4 is 28.5 Å². The molecule has 0 saturated carbocycles. The molecule has 0 radical (unpaired) electrons. The normalized spacial score (nSPS) is 15.3. The van der Waals surface area contributed by atoms with Crippen molar-refractivity contribution < 1.29 is 13.9 Å². The largest absolute Gasteiger partial charge is 0.494 e. The first-order chi connectivity index (χ1) is 16.9. The molecule has 0 bridgehead atoms. The Labute approximate surface area is 211 Å². The second-order valence-electron chi connectivity index (χ2n) is 8.97. The van der Waals surface area contributed by atoms with E-state index in [1.807, 2.05) is 31.2 Å². The van der Waals surface area contributed by atoms with E-state index < -0.39 is 6.04 Å². The van der Waals surface area contributed by atoms with Crippen LogP contribution in [-0.4, -0.2) is 48.5 Å². The minimum Gasteiger partial charge on any atom is -0.494 e. The van der Waals surface area contributed by atoms with E-state index in [-0.39, 0.29) is 17.1 Å². The maximum absolute atomic E-state index is 13.7. The van der Waals surface area contributed by atoms with Gasteiger partial charge in [0.1, 0.15) is 11.3 Å². The predicted octanol–water partition coefficient (Wildman–Crippen LogP) is 5.82. The molecule has 186 valence electrons. The minimum atomic E-state index is -0.518. The lowest BCUT2D eigenvalue weighted by Crippen LogP contribution is -2.33. The second kappa shape index (κ2) is 10.8. The van der Waals surface area contributed by atoms with Crippen LogP contribution in [0.3, 0.4) is 0 Å². The summed E-state index contributed by atoms with van der Waals surface area (Å²) < 4.78 is 11.8. The first-order valence-electron chi connectivity index (χ1n) is 12.4. The molecule has 0 aliphatic carbocycles. The van der Waals surface area contributed by atoms with Gasteiger partial charge in [-0.05, 0) is 74.8 Å². The van der Waals surface area contributed by atoms with Crippen LogP contribution in [-0.2, 0) is 0 Å². The van der Waals surface area contributed by atoms with Crippen LogP contribution in [0, 0.1) is 6.92 Å². The first kappa shape index (κ1) is 25.3. The molecule has 4 rings (SSSR count). The number of ether oxygens (including phenoxy) is 1. The van der Waals surface area contributed by atoms with Crippen molar-refractivity contribution in [2.75, 3.05) is 32.8 Å². The highest BCUT2D eigenvalue weighted by molar-refractivity contribution is 6.32. The summed E-state index contributed by atoms with van der Waals surface area (Å²) in [4.78, 5) is 31.4. The van der Waals surface area contributed by atoms with E-state index in [1.54, 1.807) is 17.0 Å². The Morgan fingerprint density at radius 1 is 1.09 bits per heavy atom. The average Bonchev–Trinajstić information content (AvgIpc) is 3.14. The summed E-state index contributed by atoms with van der Waals surface area (Å²) in [6.45, 7) is 12.1. The van der Waals surface area contributed by atoms with Crippen LogP contribution in [0.15, 0.2) is 45.6 Å². The molecule has 0 saturated heterocycles. The minimum absolute atomic E-state index is 0.128. The lowest BCUT2D eigenvalue weighted by atomic mass is 9.98. The number of fused-ring (bicyclic) bond motifs is 2. The molecule has 1 amide bonds. The molecule has 2 aromatic carbocycles. The smallest absolute Gasteiger partial charge is 0.290 e. The first-order valence-corrected chi connectivity index (χ1v) is 12.8. The fraction of sp³-hybridized carbons (Fsp3) is 0.429. The number of amides is 1. The summed E-state index contributed by atoms with van der Waals surface area (Å²) >= 11 is 6.33. The van der Waals surface area contributed by atoms with Crippen molar-refractivity contribution in [3.8, 4) is 5.75 Å². The highest BCUT2D eigenvalue weighted by Gasteiger charge is 2.42. The Morgan fingerprint density at radius 2 is 1.80 bits per heavy atom. The van der Waals surface area contributed by atoms with Crippen LogP contribution in [0.25, 0.3) is 11.0 Å². The number of rotatable bonds is 10. The molecule has 0 fully saturated rings. The molecule has 35 heavy (non-hydrogen) atoms. The third-order valence-electron chi connectivity index (χ3n) is 6.68. The van der Waals surface area contributed by atoms with Crippen molar-refractivity contribution in [2.45, 2.75) is 46.6 Å². The molecule has 1 aliphatic heterocycles. The van der Waals surface area contributed by atoms with E-state index in [9.17, 15) is 9.59 Å². The summed E-state index contributed by atoms with van der Waals surface area (Å²) in [7, 11) is 0. The second-order valence-corrected chi connectivity index (χ2v) is 9.38. The monoisotopic (exact) mass is 496 g/mol. The van der Waals surface area contributed by atoms with Crippen LogP contribution < -0.4 is 10.2 Å². The molecule has 2 heterocycles. The molecule has 3 aromatic rings. The van der Waals surface area contributed by atoms with E-state index in [1.165, 1.54) is 0 Å². The fourth-order valence-corrected chi connectivity index (χ4v) is 4.85. The van der Waals surface area contributed by atoms with Crippen LogP contribution in [0.2, 0.25) is 5.02 Å². The topological polar surface area (TPSA) is 63.0 Å². The molecule has 7 heteroatoms. The number of hydrogen-bond acceptors (Lipinski definition) is 5. The van der Waals surface area contributed by atoms with Gasteiger partial charge in [-0.1, -0.05) is 44.5 Å². The Morgan fingerprint density at radius 3 is 2.46 bits per heavy atom. The summed E-state index contributed by atoms with van der Waals surface area (Å²) in [5, 5.41) is 0.893. The van der Waals surface area contributed by atoms with Crippen LogP contribution in [0.4, 0.5) is 0 Å². The number of carbonyl (C=O) groups excluding carboxylic acids is 1. The molecule has 6 nitrogen and oxygen atoms in total. The number of halogens is 1. The maximum atomic E-state index is 13.7. The van der Waals surface area contributed by atoms with E-state index in [4.69, 9.17) is 20.8 Å². The van der Waals surface area contributed by atoms with Gasteiger partial charge >= 0.3 is 0 Å². The van der Waals surface area contributed by atoms with Crippen LogP contribution >= 0.6 is 11.6 Å². The summed E-state index contributed by atoms with van der Waals surface area (Å²) in [5.74, 6) is 0.645. The van der Waals surface area contributed by atoms with Gasteiger partial charge in [0.05, 0.1) is 23.6 Å². The molecule has 1 atom stereocenters. The van der Waals surface area contributed by atoms with Gasteiger partial charge in [-0.15, -0.1) is 0 Å². The Bertz CT molecular complexity index is 1260. The number of nitrogens with zero attached hydrogens (tertiary/aromatic N) is 2. The zero-order chi connectivity index (χ0) is 25.1. The molecular formula is C28H33ClN2O4. The summed E-state index contributed by atoms with van der Waals surface area (Å²) in [6, 6.07) is 10.5. The SMILES string of the molecule is CCCOc1ccc(C2c3c(oc4cc(C)c(Cl)cc4c3=O)C(=O)N2CCCN(CC)CC)cc1. The van der Waals surface area contributed by atoms with Crippen molar-refractivity contribution in [1.82, 2.24) is 9.80 Å².